The summed E-state index contributed by atoms with van der Waals surface area (Å²) in [4.78, 5) is 7.65. The molecule has 1 heterocycles. The summed E-state index contributed by atoms with van der Waals surface area (Å²) in [6.07, 6.45) is 0. The van der Waals surface area contributed by atoms with E-state index in [0.717, 1.165) is 12.4 Å². The summed E-state index contributed by atoms with van der Waals surface area (Å²) in [6, 6.07) is 15.5. The van der Waals surface area contributed by atoms with Crippen LogP contribution in [0.15, 0.2) is 47.5 Å². The van der Waals surface area contributed by atoms with Gasteiger partial charge in [0.05, 0.1) is 6.04 Å². The summed E-state index contributed by atoms with van der Waals surface area (Å²) in [5.74, 6) is 1.15. The highest BCUT2D eigenvalue weighted by atomic mass is 15.3. The molecule has 1 atom stereocenters. The van der Waals surface area contributed by atoms with Crippen LogP contribution in [-0.2, 0) is 0 Å². The van der Waals surface area contributed by atoms with Crippen molar-refractivity contribution in [2.45, 2.75) is 53.1 Å². The Kier molecular flexibility index (Phi) is 3.74. The molecule has 0 saturated carbocycles. The van der Waals surface area contributed by atoms with Crippen LogP contribution < -0.4 is 0 Å². The van der Waals surface area contributed by atoms with Gasteiger partial charge in [-0.2, -0.15) is 0 Å². The van der Waals surface area contributed by atoms with Gasteiger partial charge in [0, 0.05) is 17.6 Å². The number of hydrogen-bond donors (Lipinski definition) is 0. The minimum Gasteiger partial charge on any atom is -0.349 e. The standard InChI is InChI=1S/C21H28N2/c1-20(2,3)18-14-23(21(4,5)6)19(22-18)17-13-9-11-15-10-7-8-12-16(15)17/h7-13,18H,14H2,1-6H3/t18-/m1/s1. The van der Waals surface area contributed by atoms with Gasteiger partial charge < -0.3 is 4.90 Å². The Labute approximate surface area is 140 Å². The Bertz CT molecular complexity index is 739. The molecule has 0 spiro atoms. The Morgan fingerprint density at radius 2 is 1.57 bits per heavy atom. The molecule has 122 valence electrons. The molecule has 0 aliphatic carbocycles. The van der Waals surface area contributed by atoms with Crippen molar-refractivity contribution in [1.29, 1.82) is 0 Å². The molecule has 0 N–H and O–H groups in total. The van der Waals surface area contributed by atoms with Crippen molar-refractivity contribution in [1.82, 2.24) is 4.90 Å². The lowest BCUT2D eigenvalue weighted by atomic mass is 9.87. The molecule has 3 rings (SSSR count). The normalized spacial score (nSPS) is 19.3. The second-order valence-electron chi connectivity index (χ2n) is 8.64. The van der Waals surface area contributed by atoms with Crippen LogP contribution in [-0.4, -0.2) is 28.9 Å². The summed E-state index contributed by atoms with van der Waals surface area (Å²) >= 11 is 0. The van der Waals surface area contributed by atoms with E-state index >= 15 is 0 Å². The molecule has 0 amide bonds. The first-order valence-electron chi connectivity index (χ1n) is 8.51. The number of fused-ring (bicyclic) bond motifs is 1. The van der Waals surface area contributed by atoms with Gasteiger partial charge in [0.1, 0.15) is 5.84 Å². The second kappa shape index (κ2) is 5.36. The van der Waals surface area contributed by atoms with Crippen LogP contribution in [0.25, 0.3) is 10.8 Å². The van der Waals surface area contributed by atoms with Gasteiger partial charge in [-0.05, 0) is 37.0 Å². The number of aliphatic imine (C=N–C) groups is 1. The van der Waals surface area contributed by atoms with Crippen LogP contribution in [0.4, 0.5) is 0 Å². The highest BCUT2D eigenvalue weighted by Gasteiger charge is 2.38. The third-order valence-corrected chi connectivity index (χ3v) is 4.73. The molecule has 0 bridgehead atoms. The van der Waals surface area contributed by atoms with Gasteiger partial charge in [0.25, 0.3) is 0 Å². The number of nitrogens with zero attached hydrogens (tertiary/aromatic N) is 2. The number of benzene rings is 2. The van der Waals surface area contributed by atoms with Gasteiger partial charge in [-0.3, -0.25) is 4.99 Å². The molecule has 0 unspecified atom stereocenters. The van der Waals surface area contributed by atoms with E-state index in [9.17, 15) is 0 Å². The first kappa shape index (κ1) is 16.0. The SMILES string of the molecule is CC(C)(C)[C@H]1CN(C(C)(C)C)C(c2cccc3ccccc23)=N1. The van der Waals surface area contributed by atoms with Crippen molar-refractivity contribution in [2.24, 2.45) is 10.4 Å². The molecule has 0 aromatic heterocycles. The van der Waals surface area contributed by atoms with E-state index in [1.54, 1.807) is 0 Å². The highest BCUT2D eigenvalue weighted by Crippen LogP contribution is 2.34. The molecule has 1 aliphatic heterocycles. The zero-order valence-corrected chi connectivity index (χ0v) is 15.2. The summed E-state index contributed by atoms with van der Waals surface area (Å²) < 4.78 is 0. The zero-order valence-electron chi connectivity index (χ0n) is 15.2. The van der Waals surface area contributed by atoms with Crippen molar-refractivity contribution in [3.8, 4) is 0 Å². The monoisotopic (exact) mass is 308 g/mol. The van der Waals surface area contributed by atoms with E-state index in [4.69, 9.17) is 4.99 Å². The lowest BCUT2D eigenvalue weighted by Gasteiger charge is -2.36. The van der Waals surface area contributed by atoms with E-state index in [1.807, 2.05) is 0 Å². The maximum atomic E-state index is 5.17. The van der Waals surface area contributed by atoms with Gasteiger partial charge >= 0.3 is 0 Å². The van der Waals surface area contributed by atoms with Crippen LogP contribution in [0.2, 0.25) is 0 Å². The highest BCUT2D eigenvalue weighted by molar-refractivity contribution is 6.10. The smallest absolute Gasteiger partial charge is 0.132 e. The molecule has 0 fully saturated rings. The Morgan fingerprint density at radius 1 is 0.913 bits per heavy atom. The van der Waals surface area contributed by atoms with Gasteiger partial charge in [0.2, 0.25) is 0 Å². The topological polar surface area (TPSA) is 15.6 Å². The van der Waals surface area contributed by atoms with Crippen LogP contribution >= 0.6 is 0 Å². The molecular weight excluding hydrogens is 280 g/mol. The average molecular weight is 308 g/mol. The van der Waals surface area contributed by atoms with Crippen molar-refractivity contribution in [2.75, 3.05) is 6.54 Å². The molecule has 0 saturated heterocycles. The summed E-state index contributed by atoms with van der Waals surface area (Å²) in [5.41, 5.74) is 1.50. The van der Waals surface area contributed by atoms with Crippen LogP contribution in [0, 0.1) is 5.41 Å². The molecule has 2 aromatic rings. The quantitative estimate of drug-likeness (QED) is 0.714. The van der Waals surface area contributed by atoms with Gasteiger partial charge in [-0.25, -0.2) is 0 Å². The number of rotatable bonds is 1. The van der Waals surface area contributed by atoms with E-state index in [0.29, 0.717) is 6.04 Å². The van der Waals surface area contributed by atoms with Crippen LogP contribution in [0.3, 0.4) is 0 Å². The molecule has 0 radical (unpaired) electrons. The Morgan fingerprint density at radius 3 is 2.22 bits per heavy atom. The minimum absolute atomic E-state index is 0.0653. The maximum absolute atomic E-state index is 5.17. The molecule has 2 nitrogen and oxygen atoms in total. The summed E-state index contributed by atoms with van der Waals surface area (Å²) in [6.45, 7) is 14.7. The van der Waals surface area contributed by atoms with E-state index in [1.165, 1.54) is 16.3 Å². The van der Waals surface area contributed by atoms with Crippen molar-refractivity contribution in [3.63, 3.8) is 0 Å². The third-order valence-electron chi connectivity index (χ3n) is 4.73. The van der Waals surface area contributed by atoms with Crippen LogP contribution in [0.1, 0.15) is 47.1 Å². The molecular formula is C21H28N2. The fraction of sp³-hybridized carbons (Fsp3) is 0.476. The van der Waals surface area contributed by atoms with Gasteiger partial charge in [-0.15, -0.1) is 0 Å². The number of amidine groups is 1. The second-order valence-corrected chi connectivity index (χ2v) is 8.64. The third kappa shape index (κ3) is 2.99. The first-order valence-corrected chi connectivity index (χ1v) is 8.51. The van der Waals surface area contributed by atoms with E-state index in [-0.39, 0.29) is 11.0 Å². The molecule has 2 heteroatoms. The predicted molar refractivity (Wildman–Crippen MR) is 100 cm³/mol. The van der Waals surface area contributed by atoms with Gasteiger partial charge in [0.15, 0.2) is 0 Å². The number of hydrogen-bond acceptors (Lipinski definition) is 2. The fourth-order valence-electron chi connectivity index (χ4n) is 3.21. The lowest BCUT2D eigenvalue weighted by molar-refractivity contribution is 0.210. The zero-order chi connectivity index (χ0) is 16.8. The van der Waals surface area contributed by atoms with E-state index < -0.39 is 0 Å². The maximum Gasteiger partial charge on any atom is 0.132 e. The van der Waals surface area contributed by atoms with Crippen molar-refractivity contribution in [3.05, 3.63) is 48.0 Å². The summed E-state index contributed by atoms with van der Waals surface area (Å²) in [5, 5.41) is 2.57. The fourth-order valence-corrected chi connectivity index (χ4v) is 3.21. The molecule has 1 aliphatic rings. The minimum atomic E-state index is 0.0653. The Hall–Kier alpha value is -1.83. The first-order chi connectivity index (χ1) is 10.7. The van der Waals surface area contributed by atoms with E-state index in [2.05, 4.69) is 88.9 Å². The lowest BCUT2D eigenvalue weighted by Crippen LogP contribution is -2.46. The molecule has 23 heavy (non-hydrogen) atoms. The molecule has 2 aromatic carbocycles. The van der Waals surface area contributed by atoms with Gasteiger partial charge in [-0.1, -0.05) is 63.2 Å². The predicted octanol–water partition coefficient (Wildman–Crippen LogP) is 5.12. The van der Waals surface area contributed by atoms with Crippen molar-refractivity contribution < 1.29 is 0 Å². The average Bonchev–Trinajstić information content (AvgIpc) is 2.92. The van der Waals surface area contributed by atoms with Crippen molar-refractivity contribution >= 4 is 16.6 Å². The Balaban J connectivity index is 2.17. The largest absolute Gasteiger partial charge is 0.349 e. The summed E-state index contributed by atoms with van der Waals surface area (Å²) in [7, 11) is 0. The van der Waals surface area contributed by atoms with Crippen LogP contribution in [0.5, 0.6) is 0 Å².